The molecule has 7 heteroatoms. The Morgan fingerprint density at radius 2 is 2.05 bits per heavy atom. The average Bonchev–Trinajstić information content (AvgIpc) is 2.76. The minimum Gasteiger partial charge on any atom is -0.399 e. The number of nitrogen functional groups attached to an aromatic ring is 1. The van der Waals surface area contributed by atoms with Crippen LogP contribution in [0.15, 0.2) is 28.5 Å². The molecule has 0 saturated carbocycles. The van der Waals surface area contributed by atoms with Gasteiger partial charge in [-0.2, -0.15) is 0 Å². The normalized spacial score (nSPS) is 11.8. The highest BCUT2D eigenvalue weighted by molar-refractivity contribution is 7.93. The van der Waals surface area contributed by atoms with Gasteiger partial charge in [-0.05, 0) is 36.6 Å². The van der Waals surface area contributed by atoms with Crippen molar-refractivity contribution in [2.45, 2.75) is 31.6 Å². The Kier molecular flexibility index (Phi) is 4.01. The van der Waals surface area contributed by atoms with Gasteiger partial charge in [0.15, 0.2) is 5.13 Å². The van der Waals surface area contributed by atoms with Crippen LogP contribution in [0.4, 0.5) is 10.8 Å². The monoisotopic (exact) mass is 311 g/mol. The summed E-state index contributed by atoms with van der Waals surface area (Å²) in [5.41, 5.74) is 7.66. The molecule has 5 nitrogen and oxygen atoms in total. The van der Waals surface area contributed by atoms with Crippen molar-refractivity contribution in [2.75, 3.05) is 10.5 Å². The van der Waals surface area contributed by atoms with Gasteiger partial charge in [-0.1, -0.05) is 13.8 Å². The van der Waals surface area contributed by atoms with Crippen LogP contribution in [0.5, 0.6) is 0 Å². The summed E-state index contributed by atoms with van der Waals surface area (Å²) in [5.74, 6) is 0.266. The second kappa shape index (κ2) is 5.41. The van der Waals surface area contributed by atoms with Gasteiger partial charge in [0, 0.05) is 11.1 Å². The molecule has 0 aliphatic carbocycles. The van der Waals surface area contributed by atoms with E-state index in [9.17, 15) is 8.42 Å². The number of rotatable bonds is 4. The van der Waals surface area contributed by atoms with Crippen molar-refractivity contribution in [2.24, 2.45) is 0 Å². The molecule has 0 amide bonds. The molecule has 0 aliphatic heterocycles. The largest absolute Gasteiger partial charge is 0.399 e. The molecule has 0 atom stereocenters. The number of hydrogen-bond acceptors (Lipinski definition) is 5. The second-order valence-corrected chi connectivity index (χ2v) is 7.37. The second-order valence-electron chi connectivity index (χ2n) is 4.86. The van der Waals surface area contributed by atoms with Gasteiger partial charge in [0.1, 0.15) is 0 Å². The van der Waals surface area contributed by atoms with Crippen molar-refractivity contribution in [1.29, 1.82) is 0 Å². The van der Waals surface area contributed by atoms with Gasteiger partial charge in [-0.15, -0.1) is 11.3 Å². The van der Waals surface area contributed by atoms with E-state index in [0.29, 0.717) is 16.4 Å². The number of nitrogens with one attached hydrogen (secondary N) is 1. The number of anilines is 2. The minimum absolute atomic E-state index is 0.216. The van der Waals surface area contributed by atoms with Gasteiger partial charge in [0.2, 0.25) is 0 Å². The Balaban J connectivity index is 2.30. The van der Waals surface area contributed by atoms with Crippen molar-refractivity contribution in [3.8, 4) is 0 Å². The molecule has 1 aromatic heterocycles. The number of aromatic nitrogens is 1. The predicted octanol–water partition coefficient (Wildman–Crippen LogP) is 2.96. The Morgan fingerprint density at radius 1 is 1.35 bits per heavy atom. The lowest BCUT2D eigenvalue weighted by molar-refractivity contribution is 0.600. The first-order valence-electron chi connectivity index (χ1n) is 6.14. The third kappa shape index (κ3) is 3.10. The summed E-state index contributed by atoms with van der Waals surface area (Å²) in [7, 11) is -3.63. The van der Waals surface area contributed by atoms with Gasteiger partial charge in [-0.3, -0.25) is 4.72 Å². The number of aryl methyl sites for hydroxylation is 1. The summed E-state index contributed by atoms with van der Waals surface area (Å²) in [6.07, 6.45) is 0. The Morgan fingerprint density at radius 3 is 2.60 bits per heavy atom. The van der Waals surface area contributed by atoms with E-state index in [4.69, 9.17) is 5.73 Å². The van der Waals surface area contributed by atoms with E-state index in [1.54, 1.807) is 19.1 Å². The summed E-state index contributed by atoms with van der Waals surface area (Å²) in [4.78, 5) is 4.49. The summed E-state index contributed by atoms with van der Waals surface area (Å²) in [6.45, 7) is 5.74. The van der Waals surface area contributed by atoms with Crippen LogP contribution in [0.1, 0.15) is 31.0 Å². The van der Waals surface area contributed by atoms with Crippen molar-refractivity contribution in [1.82, 2.24) is 4.98 Å². The number of thiazole rings is 1. The molecular formula is C13H17N3O2S2. The molecule has 0 unspecified atom stereocenters. The molecule has 2 aromatic rings. The number of benzene rings is 1. The number of nitrogens with zero attached hydrogens (tertiary/aromatic N) is 1. The lowest BCUT2D eigenvalue weighted by Gasteiger charge is -2.08. The maximum absolute atomic E-state index is 12.3. The van der Waals surface area contributed by atoms with Crippen LogP contribution in [0.2, 0.25) is 0 Å². The molecule has 20 heavy (non-hydrogen) atoms. The average molecular weight is 311 g/mol. The van der Waals surface area contributed by atoms with Crippen molar-refractivity contribution >= 4 is 32.2 Å². The first kappa shape index (κ1) is 14.8. The Bertz CT molecular complexity index is 721. The standard InChI is InChI=1S/C13H17N3O2S2/c1-8(2)11-7-19-13(15-11)16-20(17,18)12-5-4-10(14)6-9(12)3/h4-8H,14H2,1-3H3,(H,15,16). The fraction of sp³-hybridized carbons (Fsp3) is 0.308. The fourth-order valence-electron chi connectivity index (χ4n) is 1.74. The van der Waals surface area contributed by atoms with Crippen molar-refractivity contribution in [3.05, 3.63) is 34.8 Å². The van der Waals surface area contributed by atoms with Crippen LogP contribution in [0.3, 0.4) is 0 Å². The van der Waals surface area contributed by atoms with E-state index in [2.05, 4.69) is 9.71 Å². The number of nitrogens with two attached hydrogens (primary N) is 1. The molecule has 1 aromatic carbocycles. The Hall–Kier alpha value is -1.60. The van der Waals surface area contributed by atoms with Crippen LogP contribution >= 0.6 is 11.3 Å². The molecule has 2 rings (SSSR count). The Labute approximate surface area is 122 Å². The van der Waals surface area contributed by atoms with Crippen molar-refractivity contribution < 1.29 is 8.42 Å². The van der Waals surface area contributed by atoms with E-state index < -0.39 is 10.0 Å². The van der Waals surface area contributed by atoms with Crippen LogP contribution in [-0.2, 0) is 10.0 Å². The fourth-order valence-corrected chi connectivity index (χ4v) is 4.09. The third-order valence-electron chi connectivity index (χ3n) is 2.82. The maximum Gasteiger partial charge on any atom is 0.263 e. The molecule has 1 heterocycles. The van der Waals surface area contributed by atoms with E-state index in [1.807, 2.05) is 19.2 Å². The number of hydrogen-bond donors (Lipinski definition) is 2. The van der Waals surface area contributed by atoms with Gasteiger partial charge < -0.3 is 5.73 Å². The van der Waals surface area contributed by atoms with Crippen LogP contribution in [0, 0.1) is 6.92 Å². The zero-order valence-electron chi connectivity index (χ0n) is 11.5. The van der Waals surface area contributed by atoms with E-state index in [-0.39, 0.29) is 10.8 Å². The zero-order valence-corrected chi connectivity index (χ0v) is 13.2. The van der Waals surface area contributed by atoms with Gasteiger partial charge in [0.05, 0.1) is 10.6 Å². The molecule has 3 N–H and O–H groups in total. The van der Waals surface area contributed by atoms with Gasteiger partial charge in [0.25, 0.3) is 10.0 Å². The van der Waals surface area contributed by atoms with Gasteiger partial charge in [-0.25, -0.2) is 13.4 Å². The molecule has 0 spiro atoms. The van der Waals surface area contributed by atoms with Crippen LogP contribution in [0.25, 0.3) is 0 Å². The van der Waals surface area contributed by atoms with E-state index >= 15 is 0 Å². The van der Waals surface area contributed by atoms with Crippen LogP contribution < -0.4 is 10.5 Å². The molecular weight excluding hydrogens is 294 g/mol. The van der Waals surface area contributed by atoms with E-state index in [0.717, 1.165) is 5.69 Å². The highest BCUT2D eigenvalue weighted by atomic mass is 32.2. The smallest absolute Gasteiger partial charge is 0.263 e. The quantitative estimate of drug-likeness (QED) is 0.850. The summed E-state index contributed by atoms with van der Waals surface area (Å²) >= 11 is 1.28. The first-order chi connectivity index (χ1) is 9.29. The maximum atomic E-state index is 12.3. The topological polar surface area (TPSA) is 85.1 Å². The molecule has 0 aliphatic rings. The molecule has 108 valence electrons. The SMILES string of the molecule is Cc1cc(N)ccc1S(=O)(=O)Nc1nc(C(C)C)cs1. The summed E-state index contributed by atoms with van der Waals surface area (Å²) in [5, 5.41) is 2.24. The van der Waals surface area contributed by atoms with Gasteiger partial charge >= 0.3 is 0 Å². The summed E-state index contributed by atoms with van der Waals surface area (Å²) < 4.78 is 27.2. The molecule has 0 radical (unpaired) electrons. The highest BCUT2D eigenvalue weighted by Gasteiger charge is 2.19. The lowest BCUT2D eigenvalue weighted by atomic mass is 10.2. The zero-order chi connectivity index (χ0) is 14.9. The van der Waals surface area contributed by atoms with Crippen molar-refractivity contribution in [3.63, 3.8) is 0 Å². The molecule has 0 bridgehead atoms. The number of sulfonamides is 1. The molecule has 0 saturated heterocycles. The highest BCUT2D eigenvalue weighted by Crippen LogP contribution is 2.25. The lowest BCUT2D eigenvalue weighted by Crippen LogP contribution is -2.14. The minimum atomic E-state index is -3.63. The molecule has 0 fully saturated rings. The summed E-state index contributed by atoms with van der Waals surface area (Å²) in [6, 6.07) is 4.71. The van der Waals surface area contributed by atoms with E-state index in [1.165, 1.54) is 17.4 Å². The predicted molar refractivity (Wildman–Crippen MR) is 82.6 cm³/mol. The third-order valence-corrected chi connectivity index (χ3v) is 5.23. The first-order valence-corrected chi connectivity index (χ1v) is 8.50. The van der Waals surface area contributed by atoms with Crippen LogP contribution in [-0.4, -0.2) is 13.4 Å².